The Morgan fingerprint density at radius 1 is 1.14 bits per heavy atom. The minimum absolute atomic E-state index is 0.000851. The van der Waals surface area contributed by atoms with Gasteiger partial charge >= 0.3 is 18.4 Å². The van der Waals surface area contributed by atoms with Crippen LogP contribution in [0.5, 0.6) is 5.75 Å². The molecule has 1 aromatic heterocycles. The number of ether oxygens (including phenoxy) is 2. The lowest BCUT2D eigenvalue weighted by Gasteiger charge is -2.69. The molecule has 13 heteroatoms. The molecule has 4 fully saturated rings. The summed E-state index contributed by atoms with van der Waals surface area (Å²) in [7, 11) is 0. The first-order valence-electron chi connectivity index (χ1n) is 13.6. The van der Waals surface area contributed by atoms with Crippen molar-refractivity contribution in [3.63, 3.8) is 0 Å². The van der Waals surface area contributed by atoms with Crippen LogP contribution in [0.25, 0.3) is 0 Å². The molecule has 4 aliphatic rings. The lowest BCUT2D eigenvalue weighted by Crippen LogP contribution is -2.76. The van der Waals surface area contributed by atoms with Crippen molar-refractivity contribution >= 4 is 29.4 Å². The summed E-state index contributed by atoms with van der Waals surface area (Å²) in [5.74, 6) is 0.390. The van der Waals surface area contributed by atoms with Gasteiger partial charge in [-0.1, -0.05) is 0 Å². The summed E-state index contributed by atoms with van der Waals surface area (Å²) < 4.78 is 52.1. The molecule has 10 nitrogen and oxygen atoms in total. The number of pyridine rings is 1. The summed E-state index contributed by atoms with van der Waals surface area (Å²) in [6, 6.07) is 8.92. The monoisotopic (exact) mass is 587 g/mol. The maximum absolute atomic E-state index is 13.6. The third kappa shape index (κ3) is 6.32. The van der Waals surface area contributed by atoms with Crippen LogP contribution in [0.2, 0.25) is 0 Å². The quantitative estimate of drug-likeness (QED) is 0.359. The number of alkyl halides is 3. The van der Waals surface area contributed by atoms with Crippen LogP contribution in [0.1, 0.15) is 58.4 Å². The summed E-state index contributed by atoms with van der Waals surface area (Å²) in [5, 5.41) is 22.2. The Hall–Kier alpha value is -4.21. The fraction of sp³-hybridized carbons (Fsp3) is 0.517. The number of halogens is 3. The van der Waals surface area contributed by atoms with Crippen molar-refractivity contribution in [3.8, 4) is 11.8 Å². The molecule has 2 amide bonds. The average molecular weight is 588 g/mol. The molecule has 2 N–H and O–H groups in total. The number of carbonyl (C=O) groups excluding carboxylic acids is 1. The number of nitriles is 1. The maximum atomic E-state index is 13.6. The van der Waals surface area contributed by atoms with Crippen LogP contribution in [0.4, 0.5) is 40.0 Å². The predicted molar refractivity (Wildman–Crippen MR) is 146 cm³/mol. The zero-order chi connectivity index (χ0) is 30.5. The number of alkyl carbamates (subject to hydrolysis) is 1. The molecule has 0 atom stereocenters. The maximum Gasteiger partial charge on any atom is 0.413 e. The van der Waals surface area contributed by atoms with Crippen LogP contribution in [-0.4, -0.2) is 58.8 Å². The number of hydrogen-bond acceptors (Lipinski definition) is 7. The molecule has 42 heavy (non-hydrogen) atoms. The molecule has 0 unspecified atom stereocenters. The van der Waals surface area contributed by atoms with Crippen molar-refractivity contribution in [2.45, 2.75) is 76.2 Å². The molecule has 1 heterocycles. The lowest BCUT2D eigenvalue weighted by molar-refractivity contribution is -0.170. The molecular formula is C29H32F3N5O5. The Bertz CT molecular complexity index is 1390. The van der Waals surface area contributed by atoms with Crippen LogP contribution in [0.15, 0.2) is 36.5 Å². The first kappa shape index (κ1) is 29.3. The van der Waals surface area contributed by atoms with Gasteiger partial charge in [-0.3, -0.25) is 4.90 Å². The highest BCUT2D eigenvalue weighted by atomic mass is 19.4. The van der Waals surface area contributed by atoms with Gasteiger partial charge in [0.05, 0.1) is 24.1 Å². The molecule has 4 saturated carbocycles. The van der Waals surface area contributed by atoms with Crippen LogP contribution in [0, 0.1) is 16.7 Å². The highest BCUT2D eigenvalue weighted by molar-refractivity contribution is 5.88. The molecule has 2 bridgehead atoms. The Labute approximate surface area is 241 Å². The van der Waals surface area contributed by atoms with Gasteiger partial charge in [-0.25, -0.2) is 14.6 Å². The second-order valence-corrected chi connectivity index (χ2v) is 12.5. The van der Waals surface area contributed by atoms with E-state index in [4.69, 9.17) is 9.47 Å². The number of carboxylic acid groups (broad SMARTS) is 1. The number of hydrogen-bond donors (Lipinski definition) is 2. The van der Waals surface area contributed by atoms with Gasteiger partial charge in [0.25, 0.3) is 0 Å². The average Bonchev–Trinajstić information content (AvgIpc) is 3.67. The van der Waals surface area contributed by atoms with Gasteiger partial charge in [-0.2, -0.15) is 18.4 Å². The van der Waals surface area contributed by atoms with E-state index >= 15 is 0 Å². The third-order valence-electron chi connectivity index (χ3n) is 7.57. The van der Waals surface area contributed by atoms with Gasteiger partial charge < -0.3 is 24.8 Å². The Morgan fingerprint density at radius 2 is 1.79 bits per heavy atom. The molecule has 0 radical (unpaired) electrons. The van der Waals surface area contributed by atoms with E-state index in [0.717, 1.165) is 35.3 Å². The molecule has 2 aromatic rings. The van der Waals surface area contributed by atoms with Gasteiger partial charge in [0, 0.05) is 22.7 Å². The number of carbonyl (C=O) groups is 2. The number of amides is 2. The summed E-state index contributed by atoms with van der Waals surface area (Å²) in [6.45, 7) is 4.48. The van der Waals surface area contributed by atoms with Gasteiger partial charge in [0.15, 0.2) is 5.82 Å². The van der Waals surface area contributed by atoms with E-state index in [1.807, 2.05) is 6.07 Å². The number of nitrogens with zero attached hydrogens (tertiary/aromatic N) is 4. The molecule has 0 saturated heterocycles. The fourth-order valence-electron chi connectivity index (χ4n) is 5.89. The van der Waals surface area contributed by atoms with E-state index in [-0.39, 0.29) is 39.8 Å². The fourth-order valence-corrected chi connectivity index (χ4v) is 5.89. The standard InChI is InChI=1S/C29H32F3N5O5/c1-26(2,3)42-24(38)35-28-13-27(14-28,15-28)17-41-22-8-6-19(7-9-22)36(16-29(30,31)32)21-10-18(11-33)23(34-12-21)37(25(39)40)20-4-5-20/h6-10,12,20H,4-5,13-17H2,1-3H3,(H,35,38)(H,39,40). The van der Waals surface area contributed by atoms with E-state index in [9.17, 15) is 33.1 Å². The van der Waals surface area contributed by atoms with Crippen molar-refractivity contribution in [3.05, 3.63) is 42.1 Å². The molecule has 6 rings (SSSR count). The predicted octanol–water partition coefficient (Wildman–Crippen LogP) is 6.13. The Balaban J connectivity index is 1.25. The van der Waals surface area contributed by atoms with Crippen molar-refractivity contribution in [1.29, 1.82) is 5.26 Å². The van der Waals surface area contributed by atoms with Crippen LogP contribution in [-0.2, 0) is 4.74 Å². The van der Waals surface area contributed by atoms with Gasteiger partial charge in [0.2, 0.25) is 0 Å². The number of aromatic nitrogens is 1. The molecule has 0 spiro atoms. The van der Waals surface area contributed by atoms with Crippen LogP contribution >= 0.6 is 0 Å². The molecule has 4 aliphatic carbocycles. The summed E-state index contributed by atoms with van der Waals surface area (Å²) in [5.41, 5.74) is -0.834. The van der Waals surface area contributed by atoms with Crippen molar-refractivity contribution in [2.75, 3.05) is 23.0 Å². The third-order valence-corrected chi connectivity index (χ3v) is 7.57. The second-order valence-electron chi connectivity index (χ2n) is 12.5. The Morgan fingerprint density at radius 3 is 2.31 bits per heavy atom. The summed E-state index contributed by atoms with van der Waals surface area (Å²) in [4.78, 5) is 29.9. The van der Waals surface area contributed by atoms with E-state index in [1.165, 1.54) is 18.2 Å². The van der Waals surface area contributed by atoms with Crippen molar-refractivity contribution < 1.29 is 37.3 Å². The number of nitrogens with one attached hydrogen (secondary N) is 1. The van der Waals surface area contributed by atoms with E-state index < -0.39 is 30.5 Å². The van der Waals surface area contributed by atoms with Crippen LogP contribution < -0.4 is 19.9 Å². The van der Waals surface area contributed by atoms with Crippen molar-refractivity contribution in [2.24, 2.45) is 5.41 Å². The highest BCUT2D eigenvalue weighted by Gasteiger charge is 2.69. The minimum Gasteiger partial charge on any atom is -0.493 e. The molecule has 1 aromatic carbocycles. The van der Waals surface area contributed by atoms with E-state index in [1.54, 1.807) is 32.9 Å². The number of anilines is 3. The molecule has 224 valence electrons. The van der Waals surface area contributed by atoms with Gasteiger partial charge in [0.1, 0.15) is 24.0 Å². The van der Waals surface area contributed by atoms with E-state index in [0.29, 0.717) is 25.2 Å². The topological polar surface area (TPSA) is 128 Å². The molecule has 0 aliphatic heterocycles. The largest absolute Gasteiger partial charge is 0.493 e. The summed E-state index contributed by atoms with van der Waals surface area (Å²) >= 11 is 0. The first-order chi connectivity index (χ1) is 19.6. The lowest BCUT2D eigenvalue weighted by atomic mass is 9.39. The zero-order valence-corrected chi connectivity index (χ0v) is 23.5. The highest BCUT2D eigenvalue weighted by Crippen LogP contribution is 2.67. The van der Waals surface area contributed by atoms with E-state index in [2.05, 4.69) is 10.3 Å². The van der Waals surface area contributed by atoms with Gasteiger partial charge in [-0.15, -0.1) is 0 Å². The minimum atomic E-state index is -4.57. The first-order valence-corrected chi connectivity index (χ1v) is 13.6. The number of rotatable bonds is 9. The second kappa shape index (κ2) is 10.3. The normalized spacial score (nSPS) is 22.6. The Kier molecular flexibility index (Phi) is 7.15. The summed E-state index contributed by atoms with van der Waals surface area (Å²) in [6.07, 6.45) is -1.59. The van der Waals surface area contributed by atoms with Crippen LogP contribution in [0.3, 0.4) is 0 Å². The number of benzene rings is 1. The SMILES string of the molecule is CC(C)(C)OC(=O)NC12CC(COc3ccc(N(CC(F)(F)F)c4cnc(N(C(=O)O)C5CC5)c(C#N)c4)cc3)(C1)C2. The molecular weight excluding hydrogens is 555 g/mol. The van der Waals surface area contributed by atoms with Gasteiger partial charge in [-0.05, 0) is 83.2 Å². The zero-order valence-electron chi connectivity index (χ0n) is 23.5. The van der Waals surface area contributed by atoms with Crippen molar-refractivity contribution in [1.82, 2.24) is 10.3 Å². The smallest absolute Gasteiger partial charge is 0.413 e.